The minimum atomic E-state index is -1.50. The maximum absolute atomic E-state index is 10.5. The molecule has 0 aromatic carbocycles. The minimum Gasteiger partial charge on any atom is -0.388 e. The summed E-state index contributed by atoms with van der Waals surface area (Å²) in [5.41, 5.74) is -1.45. The summed E-state index contributed by atoms with van der Waals surface area (Å²) >= 11 is 0. The lowest BCUT2D eigenvalue weighted by atomic mass is 9.95. The van der Waals surface area contributed by atoms with Gasteiger partial charge in [-0.1, -0.05) is 0 Å². The first-order valence-corrected chi connectivity index (χ1v) is 3.35. The molecule has 0 bridgehead atoms. The summed E-state index contributed by atoms with van der Waals surface area (Å²) in [6, 6.07) is 0. The lowest BCUT2D eigenvalue weighted by Gasteiger charge is -2.27. The van der Waals surface area contributed by atoms with Gasteiger partial charge in [-0.25, -0.2) is 0 Å². The van der Waals surface area contributed by atoms with E-state index in [4.69, 9.17) is 15.3 Å². The van der Waals surface area contributed by atoms with Crippen LogP contribution in [0.4, 0.5) is 0 Å². The van der Waals surface area contributed by atoms with Gasteiger partial charge in [0.15, 0.2) is 5.78 Å². The molecule has 66 valence electrons. The molecule has 0 aliphatic carbocycles. The van der Waals surface area contributed by atoms with Crippen molar-refractivity contribution >= 4 is 5.78 Å². The fourth-order valence-electron chi connectivity index (χ4n) is 0.609. The van der Waals surface area contributed by atoms with E-state index in [0.29, 0.717) is 0 Å². The molecule has 0 heterocycles. The third-order valence-corrected chi connectivity index (χ3v) is 1.44. The molecule has 0 aliphatic heterocycles. The van der Waals surface area contributed by atoms with Gasteiger partial charge in [0.05, 0.1) is 5.60 Å². The van der Waals surface area contributed by atoms with Crippen molar-refractivity contribution in [1.29, 1.82) is 0 Å². The van der Waals surface area contributed by atoms with E-state index in [9.17, 15) is 4.79 Å². The monoisotopic (exact) mass is 162 g/mol. The number of carbonyl (C=O) groups is 1. The van der Waals surface area contributed by atoms with Crippen molar-refractivity contribution < 1.29 is 20.1 Å². The molecule has 11 heavy (non-hydrogen) atoms. The molecule has 4 nitrogen and oxygen atoms in total. The first-order chi connectivity index (χ1) is 4.76. The Hall–Kier alpha value is -0.450. The Morgan fingerprint density at radius 3 is 1.82 bits per heavy atom. The van der Waals surface area contributed by atoms with Crippen LogP contribution in [0.3, 0.4) is 0 Å². The van der Waals surface area contributed by atoms with Gasteiger partial charge in [-0.3, -0.25) is 4.79 Å². The van der Waals surface area contributed by atoms with Crippen molar-refractivity contribution in [3.8, 4) is 0 Å². The van der Waals surface area contributed by atoms with Crippen LogP contribution in [0, 0.1) is 0 Å². The Labute approximate surface area is 65.5 Å². The highest BCUT2D eigenvalue weighted by Crippen LogP contribution is 2.12. The van der Waals surface area contributed by atoms with Gasteiger partial charge in [-0.15, -0.1) is 0 Å². The number of Topliss-reactive ketones (excluding diaryl/α,β-unsaturated/α-hetero) is 1. The van der Waals surface area contributed by atoms with Crippen molar-refractivity contribution in [2.24, 2.45) is 0 Å². The minimum absolute atomic E-state index is 0.556. The van der Waals surface area contributed by atoms with Crippen molar-refractivity contribution in [2.45, 2.75) is 38.6 Å². The molecule has 0 spiro atoms. The molecular formula is C7H14O4. The van der Waals surface area contributed by atoms with Crippen molar-refractivity contribution in [3.05, 3.63) is 0 Å². The van der Waals surface area contributed by atoms with E-state index < -0.39 is 23.6 Å². The summed E-state index contributed by atoms with van der Waals surface area (Å²) in [4.78, 5) is 10.5. The van der Waals surface area contributed by atoms with Crippen molar-refractivity contribution in [2.75, 3.05) is 0 Å². The van der Waals surface area contributed by atoms with Gasteiger partial charge in [0, 0.05) is 0 Å². The summed E-state index contributed by atoms with van der Waals surface area (Å²) in [6.07, 6.45) is -2.94. The molecule has 4 heteroatoms. The number of hydrogen-bond donors (Lipinski definition) is 3. The number of ketones is 1. The van der Waals surface area contributed by atoms with E-state index in [1.807, 2.05) is 0 Å². The molecule has 0 amide bonds. The third-order valence-electron chi connectivity index (χ3n) is 1.44. The zero-order chi connectivity index (χ0) is 9.23. The molecule has 0 fully saturated rings. The number of rotatable bonds is 3. The third kappa shape index (κ3) is 2.96. The lowest BCUT2D eigenvalue weighted by molar-refractivity contribution is -0.144. The first kappa shape index (κ1) is 10.6. The van der Waals surface area contributed by atoms with Gasteiger partial charge in [0.2, 0.25) is 0 Å². The summed E-state index contributed by atoms with van der Waals surface area (Å²) in [7, 11) is 0. The fraction of sp³-hybridized carbons (Fsp3) is 0.857. The fourth-order valence-corrected chi connectivity index (χ4v) is 0.609. The summed E-state index contributed by atoms with van der Waals surface area (Å²) in [5, 5.41) is 27.2. The Morgan fingerprint density at radius 1 is 1.36 bits per heavy atom. The summed E-state index contributed by atoms with van der Waals surface area (Å²) in [6.45, 7) is 3.80. The van der Waals surface area contributed by atoms with E-state index in [1.54, 1.807) is 0 Å². The number of aliphatic hydroxyl groups excluding tert-OH is 2. The zero-order valence-corrected chi connectivity index (χ0v) is 6.90. The Balaban J connectivity index is 4.25. The number of aliphatic hydroxyl groups is 3. The molecule has 0 radical (unpaired) electrons. The van der Waals surface area contributed by atoms with Gasteiger partial charge >= 0.3 is 0 Å². The Kier molecular flexibility index (Phi) is 3.16. The predicted molar refractivity (Wildman–Crippen MR) is 39.0 cm³/mol. The average molecular weight is 162 g/mol. The summed E-state index contributed by atoms with van der Waals surface area (Å²) < 4.78 is 0. The normalized spacial score (nSPS) is 17.6. The van der Waals surface area contributed by atoms with Crippen LogP contribution in [0.25, 0.3) is 0 Å². The highest BCUT2D eigenvalue weighted by Gasteiger charge is 2.33. The van der Waals surface area contributed by atoms with Gasteiger partial charge in [0.1, 0.15) is 12.2 Å². The van der Waals surface area contributed by atoms with E-state index in [2.05, 4.69) is 0 Å². The topological polar surface area (TPSA) is 77.8 Å². The van der Waals surface area contributed by atoms with Gasteiger partial charge in [-0.2, -0.15) is 0 Å². The standard InChI is InChI=1S/C7H14O4/c1-4(8)5(9)6(10)7(2,3)11/h5-6,9-11H,1-3H3/t5-,6+/m1/s1. The van der Waals surface area contributed by atoms with E-state index in [0.717, 1.165) is 6.92 Å². The Morgan fingerprint density at radius 2 is 1.73 bits per heavy atom. The molecule has 0 saturated carbocycles. The SMILES string of the molecule is CC(=O)[C@@H](O)[C@H](O)C(C)(C)O. The lowest BCUT2D eigenvalue weighted by Crippen LogP contribution is -2.47. The second-order valence-electron chi connectivity index (χ2n) is 3.15. The average Bonchev–Trinajstić information content (AvgIpc) is 1.82. The molecule has 0 aromatic heterocycles. The quantitative estimate of drug-likeness (QED) is 0.501. The largest absolute Gasteiger partial charge is 0.388 e. The van der Waals surface area contributed by atoms with E-state index in [-0.39, 0.29) is 0 Å². The second kappa shape index (κ2) is 3.30. The molecular weight excluding hydrogens is 148 g/mol. The van der Waals surface area contributed by atoms with E-state index >= 15 is 0 Å². The molecule has 0 unspecified atom stereocenters. The van der Waals surface area contributed by atoms with Crippen LogP contribution in [0.2, 0.25) is 0 Å². The molecule has 0 rings (SSSR count). The highest BCUT2D eigenvalue weighted by molar-refractivity contribution is 5.80. The van der Waals surface area contributed by atoms with E-state index in [1.165, 1.54) is 13.8 Å². The first-order valence-electron chi connectivity index (χ1n) is 3.35. The second-order valence-corrected chi connectivity index (χ2v) is 3.15. The predicted octanol–water partition coefficient (Wildman–Crippen LogP) is -0.932. The highest BCUT2D eigenvalue weighted by atomic mass is 16.4. The van der Waals surface area contributed by atoms with Gasteiger partial charge in [-0.05, 0) is 20.8 Å². The van der Waals surface area contributed by atoms with Gasteiger partial charge in [0.25, 0.3) is 0 Å². The summed E-state index contributed by atoms with van der Waals surface area (Å²) in [5.74, 6) is -0.556. The van der Waals surface area contributed by atoms with Crippen molar-refractivity contribution in [1.82, 2.24) is 0 Å². The number of hydrogen-bond acceptors (Lipinski definition) is 4. The zero-order valence-electron chi connectivity index (χ0n) is 6.90. The maximum atomic E-state index is 10.5. The van der Waals surface area contributed by atoms with Crippen LogP contribution in [0.1, 0.15) is 20.8 Å². The van der Waals surface area contributed by atoms with Crippen molar-refractivity contribution in [3.63, 3.8) is 0 Å². The van der Waals surface area contributed by atoms with Crippen LogP contribution < -0.4 is 0 Å². The maximum Gasteiger partial charge on any atom is 0.160 e. The molecule has 0 saturated heterocycles. The molecule has 3 N–H and O–H groups in total. The molecule has 0 aromatic rings. The van der Waals surface area contributed by atoms with Gasteiger partial charge < -0.3 is 15.3 Å². The molecule has 0 aliphatic rings. The van der Waals surface area contributed by atoms with Crippen LogP contribution in [0.5, 0.6) is 0 Å². The Bertz CT molecular complexity index is 147. The van der Waals surface area contributed by atoms with Crippen LogP contribution >= 0.6 is 0 Å². The molecule has 2 atom stereocenters. The van der Waals surface area contributed by atoms with Crippen LogP contribution in [0.15, 0.2) is 0 Å². The van der Waals surface area contributed by atoms with Crippen LogP contribution in [-0.2, 0) is 4.79 Å². The van der Waals surface area contributed by atoms with Crippen LogP contribution in [-0.4, -0.2) is 38.9 Å². The smallest absolute Gasteiger partial charge is 0.160 e. The number of carbonyl (C=O) groups excluding carboxylic acids is 1.